The van der Waals surface area contributed by atoms with Crippen molar-refractivity contribution in [2.24, 2.45) is 0 Å². The molecule has 1 spiro atoms. The van der Waals surface area contributed by atoms with Crippen molar-refractivity contribution in [3.8, 4) is 17.4 Å². The summed E-state index contributed by atoms with van der Waals surface area (Å²) >= 11 is 0. The number of amides is 2. The minimum atomic E-state index is -4.88. The van der Waals surface area contributed by atoms with Gasteiger partial charge in [0, 0.05) is 51.4 Å². The average molecular weight is 603 g/mol. The maximum absolute atomic E-state index is 15.4. The summed E-state index contributed by atoms with van der Waals surface area (Å²) in [5, 5.41) is 2.67. The lowest BCUT2D eigenvalue weighted by Gasteiger charge is -2.21. The number of likely N-dealkylation sites (N-methyl/N-ethyl adjacent to an activating group) is 1. The van der Waals surface area contributed by atoms with Crippen LogP contribution in [0.5, 0.6) is 17.4 Å². The highest BCUT2D eigenvalue weighted by Crippen LogP contribution is 2.42. The Morgan fingerprint density at radius 3 is 2.60 bits per heavy atom. The van der Waals surface area contributed by atoms with Crippen LogP contribution < -0.4 is 19.7 Å². The van der Waals surface area contributed by atoms with Crippen LogP contribution in [-0.2, 0) is 17.5 Å². The monoisotopic (exact) mass is 602 g/mol. The van der Waals surface area contributed by atoms with E-state index in [2.05, 4.69) is 15.3 Å². The van der Waals surface area contributed by atoms with Crippen molar-refractivity contribution >= 4 is 29.3 Å². The number of rotatable bonds is 6. The molecular weight excluding hydrogens is 576 g/mol. The fourth-order valence-electron chi connectivity index (χ4n) is 5.56. The largest absolute Gasteiger partial charge is 0.494 e. The summed E-state index contributed by atoms with van der Waals surface area (Å²) in [5.41, 5.74) is -1.39. The maximum atomic E-state index is 15.4. The van der Waals surface area contributed by atoms with Gasteiger partial charge in [-0.1, -0.05) is 12.1 Å². The zero-order valence-corrected chi connectivity index (χ0v) is 23.3. The molecular formula is C28H26F4N6O5. The van der Waals surface area contributed by atoms with Gasteiger partial charge in [-0.15, -0.1) is 0 Å². The van der Waals surface area contributed by atoms with E-state index >= 15 is 4.39 Å². The number of carbonyl (C=O) groups is 2. The number of hydrogen-bond acceptors (Lipinski definition) is 9. The molecule has 1 N–H and O–H groups in total. The number of benzene rings is 2. The maximum Gasteiger partial charge on any atom is 0.423 e. The van der Waals surface area contributed by atoms with Crippen LogP contribution in [0, 0.1) is 5.82 Å². The molecule has 2 amide bonds. The number of alkyl halides is 3. The van der Waals surface area contributed by atoms with E-state index in [1.807, 2.05) is 11.9 Å². The van der Waals surface area contributed by atoms with Crippen molar-refractivity contribution in [1.29, 1.82) is 0 Å². The van der Waals surface area contributed by atoms with Crippen LogP contribution in [0.1, 0.15) is 27.9 Å². The van der Waals surface area contributed by atoms with E-state index < -0.39 is 41.0 Å². The van der Waals surface area contributed by atoms with E-state index in [1.165, 1.54) is 29.0 Å². The zero-order valence-electron chi connectivity index (χ0n) is 23.3. The molecule has 1 atom stereocenters. The molecule has 15 heteroatoms. The SMILES string of the molecule is COc1cc(N2CC3(CCN(C)C3)OC2=O)c(F)cc1Nc1ncc(C(F)(F)F)c(Oc2cccc3c2C(=O)N(C)C3)n1. The highest BCUT2D eigenvalue weighted by Gasteiger charge is 2.50. The molecule has 11 nitrogen and oxygen atoms in total. The van der Waals surface area contributed by atoms with Crippen LogP contribution in [0.25, 0.3) is 0 Å². The van der Waals surface area contributed by atoms with Gasteiger partial charge >= 0.3 is 12.3 Å². The van der Waals surface area contributed by atoms with Crippen LogP contribution in [0.2, 0.25) is 0 Å². The Labute approximate surface area is 243 Å². The number of likely N-dealkylation sites (tertiary alicyclic amines) is 1. The Balaban J connectivity index is 1.31. The topological polar surface area (TPSA) is 109 Å². The molecule has 6 rings (SSSR count). The highest BCUT2D eigenvalue weighted by molar-refractivity contribution is 6.01. The molecule has 43 heavy (non-hydrogen) atoms. The number of nitrogens with zero attached hydrogens (tertiary/aromatic N) is 5. The summed E-state index contributed by atoms with van der Waals surface area (Å²) in [5.74, 6) is -2.47. The molecule has 1 aromatic heterocycles. The number of hydrogen-bond donors (Lipinski definition) is 1. The van der Waals surface area contributed by atoms with E-state index in [4.69, 9.17) is 14.2 Å². The summed E-state index contributed by atoms with van der Waals surface area (Å²) in [7, 11) is 4.78. The minimum absolute atomic E-state index is 0.0188. The van der Waals surface area contributed by atoms with Crippen LogP contribution in [0.4, 0.5) is 39.7 Å². The third-order valence-corrected chi connectivity index (χ3v) is 7.63. The van der Waals surface area contributed by atoms with Crippen molar-refractivity contribution in [2.45, 2.75) is 24.7 Å². The molecule has 0 radical (unpaired) electrons. The van der Waals surface area contributed by atoms with Crippen LogP contribution in [0.15, 0.2) is 36.5 Å². The predicted octanol–water partition coefficient (Wildman–Crippen LogP) is 4.80. The van der Waals surface area contributed by atoms with Gasteiger partial charge in [0.2, 0.25) is 11.8 Å². The molecule has 3 aromatic rings. The van der Waals surface area contributed by atoms with Crippen molar-refractivity contribution in [1.82, 2.24) is 19.8 Å². The predicted molar refractivity (Wildman–Crippen MR) is 144 cm³/mol. The highest BCUT2D eigenvalue weighted by atomic mass is 19.4. The first-order valence-electron chi connectivity index (χ1n) is 13.2. The van der Waals surface area contributed by atoms with Crippen LogP contribution in [0.3, 0.4) is 0 Å². The van der Waals surface area contributed by atoms with Gasteiger partial charge in [0.05, 0.1) is 30.6 Å². The van der Waals surface area contributed by atoms with Crippen LogP contribution in [-0.4, -0.2) is 78.2 Å². The first-order chi connectivity index (χ1) is 20.4. The van der Waals surface area contributed by atoms with Crippen molar-refractivity contribution in [2.75, 3.05) is 51.1 Å². The van der Waals surface area contributed by atoms with E-state index in [-0.39, 0.29) is 47.5 Å². The Morgan fingerprint density at radius 1 is 1.12 bits per heavy atom. The fourth-order valence-corrected chi connectivity index (χ4v) is 5.56. The second-order valence-corrected chi connectivity index (χ2v) is 10.7. The molecule has 0 bridgehead atoms. The third-order valence-electron chi connectivity index (χ3n) is 7.63. The molecule has 0 saturated carbocycles. The molecule has 2 fully saturated rings. The fraction of sp³-hybridized carbons (Fsp3) is 0.357. The molecule has 1 unspecified atom stereocenters. The summed E-state index contributed by atoms with van der Waals surface area (Å²) < 4.78 is 73.7. The van der Waals surface area contributed by atoms with Gasteiger partial charge in [0.25, 0.3) is 5.91 Å². The number of fused-ring (bicyclic) bond motifs is 1. The first-order valence-corrected chi connectivity index (χ1v) is 13.2. The van der Waals surface area contributed by atoms with E-state index in [1.54, 1.807) is 19.2 Å². The van der Waals surface area contributed by atoms with E-state index in [0.717, 1.165) is 12.6 Å². The Morgan fingerprint density at radius 2 is 1.91 bits per heavy atom. The molecule has 2 saturated heterocycles. The number of nitrogens with one attached hydrogen (secondary N) is 1. The normalized spacial score (nSPS) is 20.2. The molecule has 0 aliphatic carbocycles. The summed E-state index contributed by atoms with van der Waals surface area (Å²) in [6.07, 6.45) is -4.44. The van der Waals surface area contributed by atoms with Gasteiger partial charge in [0.1, 0.15) is 28.5 Å². The quantitative estimate of drug-likeness (QED) is 0.398. The van der Waals surface area contributed by atoms with Gasteiger partial charge in [-0.2, -0.15) is 18.2 Å². The minimum Gasteiger partial charge on any atom is -0.494 e. The zero-order chi connectivity index (χ0) is 30.7. The summed E-state index contributed by atoms with van der Waals surface area (Å²) in [6.45, 7) is 1.67. The third kappa shape index (κ3) is 5.13. The van der Waals surface area contributed by atoms with Gasteiger partial charge < -0.3 is 29.3 Å². The lowest BCUT2D eigenvalue weighted by molar-refractivity contribution is -0.139. The Kier molecular flexibility index (Phi) is 6.79. The second kappa shape index (κ2) is 10.3. The van der Waals surface area contributed by atoms with Gasteiger partial charge in [0.15, 0.2) is 0 Å². The number of ether oxygens (including phenoxy) is 3. The van der Waals surface area contributed by atoms with Gasteiger partial charge in [-0.25, -0.2) is 14.2 Å². The van der Waals surface area contributed by atoms with E-state index in [0.29, 0.717) is 24.7 Å². The standard InChI is InChI=1S/C28H26F4N6O5/c1-36-8-7-27(13-36)14-38(26(40)43-27)19-10-21(41-3)18(9-17(19)29)34-25-33-11-16(28(30,31)32)23(35-25)42-20-6-4-5-15-12-37(2)24(39)22(15)20/h4-6,9-11H,7-8,12-14H2,1-3H3,(H,33,34,35). The number of methoxy groups -OCH3 is 1. The molecule has 2 aromatic carbocycles. The average Bonchev–Trinajstić information content (AvgIpc) is 3.57. The Bertz CT molecular complexity index is 1640. The number of halogens is 4. The number of aromatic nitrogens is 2. The lowest BCUT2D eigenvalue weighted by atomic mass is 10.0. The van der Waals surface area contributed by atoms with Crippen molar-refractivity contribution in [3.05, 3.63) is 59.0 Å². The lowest BCUT2D eigenvalue weighted by Crippen LogP contribution is -2.37. The Hall–Kier alpha value is -4.66. The van der Waals surface area contributed by atoms with Gasteiger partial charge in [-0.05, 0) is 18.7 Å². The molecule has 3 aliphatic rings. The molecule has 3 aliphatic heterocycles. The first kappa shape index (κ1) is 28.5. The second-order valence-electron chi connectivity index (χ2n) is 10.7. The number of anilines is 3. The van der Waals surface area contributed by atoms with Crippen LogP contribution >= 0.6 is 0 Å². The molecule has 226 valence electrons. The number of carbonyl (C=O) groups excluding carboxylic acids is 2. The van der Waals surface area contributed by atoms with Crippen molar-refractivity contribution in [3.63, 3.8) is 0 Å². The summed E-state index contributed by atoms with van der Waals surface area (Å²) in [4.78, 5) is 37.6. The van der Waals surface area contributed by atoms with Gasteiger partial charge in [-0.3, -0.25) is 9.69 Å². The van der Waals surface area contributed by atoms with E-state index in [9.17, 15) is 22.8 Å². The summed E-state index contributed by atoms with van der Waals surface area (Å²) in [6, 6.07) is 6.92. The molecule has 4 heterocycles. The van der Waals surface area contributed by atoms with Crippen molar-refractivity contribution < 1.29 is 41.4 Å². The smallest absolute Gasteiger partial charge is 0.423 e.